The van der Waals surface area contributed by atoms with Crippen LogP contribution in [0.15, 0.2) is 9.59 Å². The molecule has 1 aliphatic rings. The van der Waals surface area contributed by atoms with Crippen LogP contribution in [0.25, 0.3) is 11.2 Å². The molecular weight excluding hydrogens is 270 g/mol. The van der Waals surface area contributed by atoms with E-state index in [0.29, 0.717) is 23.6 Å². The van der Waals surface area contributed by atoms with Crippen LogP contribution in [0.2, 0.25) is 0 Å². The van der Waals surface area contributed by atoms with Crippen molar-refractivity contribution in [1.82, 2.24) is 18.7 Å². The Morgan fingerprint density at radius 3 is 2.52 bits per heavy atom. The quantitative estimate of drug-likeness (QED) is 0.788. The Bertz CT molecular complexity index is 794. The molecule has 0 radical (unpaired) electrons. The smallest absolute Gasteiger partial charge is 0.330 e. The Morgan fingerprint density at radius 2 is 1.90 bits per heavy atom. The second-order valence-electron chi connectivity index (χ2n) is 5.77. The number of unbranched alkanes of at least 4 members (excludes halogenated alkanes) is 1. The molecule has 2 aromatic heterocycles. The Hall–Kier alpha value is -1.89. The lowest BCUT2D eigenvalue weighted by Crippen LogP contribution is -2.37. The Labute approximate surface area is 122 Å². The first kappa shape index (κ1) is 14.1. The monoisotopic (exact) mass is 291 g/mol. The second-order valence-corrected chi connectivity index (χ2v) is 5.77. The van der Waals surface area contributed by atoms with Crippen molar-refractivity contribution in [2.45, 2.75) is 38.1 Å². The molecule has 0 unspecified atom stereocenters. The molecule has 0 atom stereocenters. The molecule has 0 spiro atoms. The van der Waals surface area contributed by atoms with E-state index in [-0.39, 0.29) is 11.2 Å². The molecule has 7 heteroatoms. The zero-order valence-electron chi connectivity index (χ0n) is 12.5. The van der Waals surface area contributed by atoms with Gasteiger partial charge in [0.05, 0.1) is 0 Å². The molecule has 0 saturated heterocycles. The molecule has 2 aromatic rings. The van der Waals surface area contributed by atoms with Gasteiger partial charge < -0.3 is 10.3 Å². The highest BCUT2D eigenvalue weighted by Gasteiger charge is 2.31. The summed E-state index contributed by atoms with van der Waals surface area (Å²) in [6.07, 6.45) is 4.03. The number of aryl methyl sites for hydroxylation is 2. The minimum absolute atomic E-state index is 0.264. The molecule has 0 bridgehead atoms. The number of nitrogens with two attached hydrogens (primary N) is 1. The van der Waals surface area contributed by atoms with Gasteiger partial charge in [-0.2, -0.15) is 0 Å². The lowest BCUT2D eigenvalue weighted by Gasteiger charge is -2.08. The predicted molar refractivity (Wildman–Crippen MR) is 80.5 cm³/mol. The zero-order valence-corrected chi connectivity index (χ0v) is 12.5. The van der Waals surface area contributed by atoms with Crippen LogP contribution in [0.3, 0.4) is 0 Å². The van der Waals surface area contributed by atoms with Crippen molar-refractivity contribution in [2.24, 2.45) is 19.8 Å². The number of hydrogen-bond donors (Lipinski definition) is 1. The summed E-state index contributed by atoms with van der Waals surface area (Å²) in [5.41, 5.74) is 6.00. The first-order valence-corrected chi connectivity index (χ1v) is 7.42. The highest BCUT2D eigenvalue weighted by atomic mass is 16.2. The normalized spacial score (nSPS) is 15.0. The van der Waals surface area contributed by atoms with Gasteiger partial charge in [-0.25, -0.2) is 9.78 Å². The number of rotatable bonds is 5. The molecule has 1 fully saturated rings. The van der Waals surface area contributed by atoms with E-state index < -0.39 is 0 Å². The molecule has 2 heterocycles. The van der Waals surface area contributed by atoms with Gasteiger partial charge in [-0.1, -0.05) is 0 Å². The first-order chi connectivity index (χ1) is 10.1. The van der Waals surface area contributed by atoms with Gasteiger partial charge >= 0.3 is 5.69 Å². The van der Waals surface area contributed by atoms with Gasteiger partial charge in [0.1, 0.15) is 5.82 Å². The topological polar surface area (TPSA) is 87.8 Å². The van der Waals surface area contributed by atoms with Crippen molar-refractivity contribution in [1.29, 1.82) is 0 Å². The van der Waals surface area contributed by atoms with Crippen molar-refractivity contribution in [2.75, 3.05) is 6.54 Å². The summed E-state index contributed by atoms with van der Waals surface area (Å²) in [4.78, 5) is 29.1. The molecule has 0 aromatic carbocycles. The molecular formula is C14H21N5O2. The highest BCUT2D eigenvalue weighted by Crippen LogP contribution is 2.40. The van der Waals surface area contributed by atoms with E-state index >= 15 is 0 Å². The first-order valence-electron chi connectivity index (χ1n) is 7.42. The molecule has 1 saturated carbocycles. The zero-order chi connectivity index (χ0) is 15.1. The summed E-state index contributed by atoms with van der Waals surface area (Å²) >= 11 is 0. The Morgan fingerprint density at radius 1 is 1.19 bits per heavy atom. The molecule has 1 aliphatic carbocycles. The molecule has 2 N–H and O–H groups in total. The second kappa shape index (κ2) is 5.14. The third kappa shape index (κ3) is 2.21. The Balaban J connectivity index is 2.24. The molecule has 21 heavy (non-hydrogen) atoms. The van der Waals surface area contributed by atoms with Gasteiger partial charge in [-0.3, -0.25) is 13.9 Å². The Kier molecular flexibility index (Phi) is 3.44. The lowest BCUT2D eigenvalue weighted by atomic mass is 10.3. The van der Waals surface area contributed by atoms with Gasteiger partial charge in [-0.05, 0) is 32.2 Å². The number of nitrogens with zero attached hydrogens (tertiary/aromatic N) is 4. The van der Waals surface area contributed by atoms with Crippen LogP contribution in [0.5, 0.6) is 0 Å². The van der Waals surface area contributed by atoms with E-state index in [1.165, 1.54) is 11.6 Å². The third-order valence-electron chi connectivity index (χ3n) is 4.16. The standard InChI is InChI=1S/C14H21N5O2/c1-17-12-10(13(20)18(2)14(17)21)19(8-4-3-7-15)11(16-12)9-5-6-9/h9H,3-8,15H2,1-2H3. The van der Waals surface area contributed by atoms with Gasteiger partial charge in [0.15, 0.2) is 11.2 Å². The number of aromatic nitrogens is 4. The maximum atomic E-state index is 12.5. The average molecular weight is 291 g/mol. The summed E-state index contributed by atoms with van der Waals surface area (Å²) in [5.74, 6) is 1.37. The van der Waals surface area contributed by atoms with Gasteiger partial charge in [-0.15, -0.1) is 0 Å². The van der Waals surface area contributed by atoms with Gasteiger partial charge in [0, 0.05) is 26.6 Å². The highest BCUT2D eigenvalue weighted by molar-refractivity contribution is 5.71. The van der Waals surface area contributed by atoms with E-state index in [9.17, 15) is 9.59 Å². The largest absolute Gasteiger partial charge is 0.332 e. The van der Waals surface area contributed by atoms with Crippen LogP contribution in [-0.2, 0) is 20.6 Å². The third-order valence-corrected chi connectivity index (χ3v) is 4.16. The fourth-order valence-corrected chi connectivity index (χ4v) is 2.76. The molecule has 0 amide bonds. The lowest BCUT2D eigenvalue weighted by molar-refractivity contribution is 0.599. The van der Waals surface area contributed by atoms with Crippen molar-refractivity contribution < 1.29 is 0 Å². The van der Waals surface area contributed by atoms with E-state index in [1.807, 2.05) is 4.57 Å². The minimum Gasteiger partial charge on any atom is -0.330 e. The van der Waals surface area contributed by atoms with Gasteiger partial charge in [0.2, 0.25) is 0 Å². The number of hydrogen-bond acceptors (Lipinski definition) is 4. The number of imidazole rings is 1. The van der Waals surface area contributed by atoms with Crippen LogP contribution in [0, 0.1) is 0 Å². The predicted octanol–water partition coefficient (Wildman–Crippen LogP) is 0.0500. The van der Waals surface area contributed by atoms with Crippen molar-refractivity contribution in [3.05, 3.63) is 26.7 Å². The summed E-state index contributed by atoms with van der Waals surface area (Å²) in [6, 6.07) is 0. The fraction of sp³-hybridized carbons (Fsp3) is 0.643. The van der Waals surface area contributed by atoms with Crippen LogP contribution in [0.1, 0.15) is 37.4 Å². The van der Waals surface area contributed by atoms with Crippen molar-refractivity contribution in [3.63, 3.8) is 0 Å². The van der Waals surface area contributed by atoms with E-state index in [0.717, 1.165) is 42.6 Å². The van der Waals surface area contributed by atoms with Gasteiger partial charge in [0.25, 0.3) is 5.56 Å². The van der Waals surface area contributed by atoms with Crippen molar-refractivity contribution >= 4 is 11.2 Å². The number of fused-ring (bicyclic) bond motifs is 1. The van der Waals surface area contributed by atoms with Crippen LogP contribution < -0.4 is 17.0 Å². The molecule has 3 rings (SSSR count). The average Bonchev–Trinajstić information content (AvgIpc) is 3.25. The van der Waals surface area contributed by atoms with Crippen molar-refractivity contribution in [3.8, 4) is 0 Å². The summed E-state index contributed by atoms with van der Waals surface area (Å²) < 4.78 is 4.62. The maximum Gasteiger partial charge on any atom is 0.332 e. The fourth-order valence-electron chi connectivity index (χ4n) is 2.76. The summed E-state index contributed by atoms with van der Waals surface area (Å²) in [5, 5.41) is 0. The summed E-state index contributed by atoms with van der Waals surface area (Å²) in [7, 11) is 3.18. The van der Waals surface area contributed by atoms with E-state index in [2.05, 4.69) is 4.98 Å². The molecule has 0 aliphatic heterocycles. The van der Waals surface area contributed by atoms with E-state index in [1.54, 1.807) is 7.05 Å². The SMILES string of the molecule is Cn1c(=O)c2c(nc(C3CC3)n2CCCCN)n(C)c1=O. The summed E-state index contributed by atoms with van der Waals surface area (Å²) in [6.45, 7) is 1.37. The minimum atomic E-state index is -0.332. The van der Waals surface area contributed by atoms with Crippen LogP contribution in [-0.4, -0.2) is 25.2 Å². The molecule has 7 nitrogen and oxygen atoms in total. The van der Waals surface area contributed by atoms with E-state index in [4.69, 9.17) is 5.73 Å². The molecule has 114 valence electrons. The van der Waals surface area contributed by atoms with Crippen LogP contribution in [0.4, 0.5) is 0 Å². The maximum absolute atomic E-state index is 12.5. The van der Waals surface area contributed by atoms with Crippen LogP contribution >= 0.6 is 0 Å².